The van der Waals surface area contributed by atoms with Gasteiger partial charge >= 0.3 is 0 Å². The van der Waals surface area contributed by atoms with Crippen molar-refractivity contribution in [3.05, 3.63) is 35.4 Å². The molecule has 0 aromatic heterocycles. The quantitative estimate of drug-likeness (QED) is 0.814. The molecule has 1 rings (SSSR count). The van der Waals surface area contributed by atoms with Gasteiger partial charge in [0.1, 0.15) is 6.10 Å². The average molecular weight is 273 g/mol. The molecule has 0 saturated carbocycles. The number of nitrogens with two attached hydrogens (primary N) is 1. The summed E-state index contributed by atoms with van der Waals surface area (Å²) in [5, 5.41) is 2.81. The SMILES string of the molecule is COC(CN)C(=O)NCCc1cccc(C)c1.Cl. The van der Waals surface area contributed by atoms with Crippen LogP contribution in [0.4, 0.5) is 0 Å². The van der Waals surface area contributed by atoms with Crippen molar-refractivity contribution in [3.8, 4) is 0 Å². The van der Waals surface area contributed by atoms with Gasteiger partial charge in [0.05, 0.1) is 0 Å². The lowest BCUT2D eigenvalue weighted by molar-refractivity contribution is -0.130. The molecule has 0 spiro atoms. The summed E-state index contributed by atoms with van der Waals surface area (Å²) in [6.07, 6.45) is 0.265. The van der Waals surface area contributed by atoms with Crippen molar-refractivity contribution in [2.24, 2.45) is 5.73 Å². The number of hydrogen-bond donors (Lipinski definition) is 2. The van der Waals surface area contributed by atoms with E-state index in [-0.39, 0.29) is 24.9 Å². The number of halogens is 1. The third kappa shape index (κ3) is 5.49. The fourth-order valence-electron chi connectivity index (χ4n) is 1.62. The summed E-state index contributed by atoms with van der Waals surface area (Å²) in [6.45, 7) is 2.85. The molecule has 0 saturated heterocycles. The number of carbonyl (C=O) groups excluding carboxylic acids is 1. The first-order valence-corrected chi connectivity index (χ1v) is 5.73. The van der Waals surface area contributed by atoms with Crippen LogP contribution in [0.15, 0.2) is 24.3 Å². The Kier molecular flexibility index (Phi) is 8.37. The van der Waals surface area contributed by atoms with Crippen LogP contribution in [0.3, 0.4) is 0 Å². The van der Waals surface area contributed by atoms with Crippen molar-refractivity contribution in [1.29, 1.82) is 0 Å². The molecule has 5 heteroatoms. The van der Waals surface area contributed by atoms with Crippen molar-refractivity contribution >= 4 is 18.3 Å². The summed E-state index contributed by atoms with van der Waals surface area (Å²) in [6, 6.07) is 8.24. The van der Waals surface area contributed by atoms with Gasteiger partial charge in [-0.15, -0.1) is 12.4 Å². The van der Waals surface area contributed by atoms with Crippen LogP contribution >= 0.6 is 12.4 Å². The number of amides is 1. The van der Waals surface area contributed by atoms with Crippen LogP contribution in [0.5, 0.6) is 0 Å². The molecule has 0 aliphatic heterocycles. The third-order valence-electron chi connectivity index (χ3n) is 2.59. The zero-order valence-corrected chi connectivity index (χ0v) is 11.6. The lowest BCUT2D eigenvalue weighted by Crippen LogP contribution is -2.41. The molecule has 1 aromatic rings. The van der Waals surface area contributed by atoms with E-state index in [9.17, 15) is 4.79 Å². The molecule has 1 aromatic carbocycles. The monoisotopic (exact) mass is 272 g/mol. The molecular formula is C13H21ClN2O2. The van der Waals surface area contributed by atoms with Crippen molar-refractivity contribution < 1.29 is 9.53 Å². The van der Waals surface area contributed by atoms with Gasteiger partial charge in [0.15, 0.2) is 0 Å². The van der Waals surface area contributed by atoms with E-state index >= 15 is 0 Å². The van der Waals surface area contributed by atoms with Gasteiger partial charge in [-0.25, -0.2) is 0 Å². The first-order valence-electron chi connectivity index (χ1n) is 5.73. The molecule has 0 aliphatic rings. The summed E-state index contributed by atoms with van der Waals surface area (Å²) < 4.78 is 4.95. The van der Waals surface area contributed by atoms with Gasteiger partial charge in [-0.05, 0) is 18.9 Å². The molecule has 0 heterocycles. The zero-order valence-electron chi connectivity index (χ0n) is 10.8. The lowest BCUT2D eigenvalue weighted by atomic mass is 10.1. The topological polar surface area (TPSA) is 64.3 Å². The summed E-state index contributed by atoms with van der Waals surface area (Å²) in [5.74, 6) is -0.150. The minimum absolute atomic E-state index is 0. The van der Waals surface area contributed by atoms with Crippen molar-refractivity contribution in [2.75, 3.05) is 20.2 Å². The van der Waals surface area contributed by atoms with Crippen LogP contribution in [-0.4, -0.2) is 32.2 Å². The summed E-state index contributed by atoms with van der Waals surface area (Å²) in [7, 11) is 1.48. The van der Waals surface area contributed by atoms with Gasteiger partial charge in [-0.2, -0.15) is 0 Å². The number of nitrogens with one attached hydrogen (secondary N) is 1. The molecule has 18 heavy (non-hydrogen) atoms. The van der Waals surface area contributed by atoms with Crippen LogP contribution in [-0.2, 0) is 16.0 Å². The minimum Gasteiger partial charge on any atom is -0.370 e. The van der Waals surface area contributed by atoms with Crippen LogP contribution < -0.4 is 11.1 Å². The summed E-state index contributed by atoms with van der Waals surface area (Å²) in [4.78, 5) is 11.5. The van der Waals surface area contributed by atoms with E-state index in [1.54, 1.807) is 0 Å². The normalized spacial score (nSPS) is 11.5. The minimum atomic E-state index is -0.549. The predicted octanol–water partition coefficient (Wildman–Crippen LogP) is 1.05. The lowest BCUT2D eigenvalue weighted by Gasteiger charge is -2.12. The molecule has 0 bridgehead atoms. The zero-order chi connectivity index (χ0) is 12.7. The Bertz CT molecular complexity index is 368. The highest BCUT2D eigenvalue weighted by atomic mass is 35.5. The number of benzene rings is 1. The smallest absolute Gasteiger partial charge is 0.250 e. The van der Waals surface area contributed by atoms with Gasteiger partial charge in [0, 0.05) is 20.2 Å². The molecule has 4 nitrogen and oxygen atoms in total. The van der Waals surface area contributed by atoms with E-state index < -0.39 is 6.10 Å². The van der Waals surface area contributed by atoms with Gasteiger partial charge in [-0.3, -0.25) is 4.79 Å². The Morgan fingerprint density at radius 2 is 2.22 bits per heavy atom. The molecule has 1 amide bonds. The molecule has 1 unspecified atom stereocenters. The Labute approximate surface area is 114 Å². The van der Waals surface area contributed by atoms with Gasteiger partial charge < -0.3 is 15.8 Å². The van der Waals surface area contributed by atoms with Crippen molar-refractivity contribution in [1.82, 2.24) is 5.32 Å². The molecule has 102 valence electrons. The maximum atomic E-state index is 11.5. The second-order valence-corrected chi connectivity index (χ2v) is 3.99. The van der Waals surface area contributed by atoms with Crippen LogP contribution in [0.1, 0.15) is 11.1 Å². The van der Waals surface area contributed by atoms with Crippen LogP contribution in [0.25, 0.3) is 0 Å². The van der Waals surface area contributed by atoms with Crippen molar-refractivity contribution in [3.63, 3.8) is 0 Å². The largest absolute Gasteiger partial charge is 0.370 e. The first-order chi connectivity index (χ1) is 8.17. The molecule has 1 atom stereocenters. The van der Waals surface area contributed by atoms with Crippen LogP contribution in [0.2, 0.25) is 0 Å². The second-order valence-electron chi connectivity index (χ2n) is 3.99. The predicted molar refractivity (Wildman–Crippen MR) is 75.0 cm³/mol. The maximum absolute atomic E-state index is 11.5. The number of hydrogen-bond acceptors (Lipinski definition) is 3. The van der Waals surface area contributed by atoms with E-state index in [0.29, 0.717) is 6.54 Å². The third-order valence-corrected chi connectivity index (χ3v) is 2.59. The summed E-state index contributed by atoms with van der Waals surface area (Å²) >= 11 is 0. The van der Waals surface area contributed by atoms with E-state index in [2.05, 4.69) is 30.4 Å². The van der Waals surface area contributed by atoms with Crippen LogP contribution in [0, 0.1) is 6.92 Å². The second kappa shape index (κ2) is 8.91. The van der Waals surface area contributed by atoms with E-state index in [1.807, 2.05) is 6.07 Å². The highest BCUT2D eigenvalue weighted by molar-refractivity contribution is 5.85. The molecule has 0 radical (unpaired) electrons. The molecular weight excluding hydrogens is 252 g/mol. The van der Waals surface area contributed by atoms with E-state index in [0.717, 1.165) is 6.42 Å². The fraction of sp³-hybridized carbons (Fsp3) is 0.462. The van der Waals surface area contributed by atoms with Gasteiger partial charge in [0.2, 0.25) is 5.91 Å². The number of methoxy groups -OCH3 is 1. The maximum Gasteiger partial charge on any atom is 0.250 e. The van der Waals surface area contributed by atoms with Gasteiger partial charge in [0.25, 0.3) is 0 Å². The number of rotatable bonds is 6. The summed E-state index contributed by atoms with van der Waals surface area (Å²) in [5.41, 5.74) is 7.84. The van der Waals surface area contributed by atoms with E-state index in [4.69, 9.17) is 10.5 Å². The molecule has 3 N–H and O–H groups in total. The number of aryl methyl sites for hydroxylation is 1. The Morgan fingerprint density at radius 3 is 2.78 bits per heavy atom. The number of carbonyl (C=O) groups is 1. The van der Waals surface area contributed by atoms with Crippen molar-refractivity contribution in [2.45, 2.75) is 19.4 Å². The highest BCUT2D eigenvalue weighted by Crippen LogP contribution is 2.03. The van der Waals surface area contributed by atoms with E-state index in [1.165, 1.54) is 18.2 Å². The first kappa shape index (κ1) is 16.9. The Hall–Kier alpha value is -1.10. The molecule has 0 fully saturated rings. The Balaban J connectivity index is 0.00000289. The highest BCUT2D eigenvalue weighted by Gasteiger charge is 2.14. The average Bonchev–Trinajstić information content (AvgIpc) is 2.30. The number of ether oxygens (including phenoxy) is 1. The fourth-order valence-corrected chi connectivity index (χ4v) is 1.62. The Morgan fingerprint density at radius 1 is 1.50 bits per heavy atom. The van der Waals surface area contributed by atoms with Gasteiger partial charge in [-0.1, -0.05) is 29.8 Å². The molecule has 0 aliphatic carbocycles. The standard InChI is InChI=1S/C13H20N2O2.ClH/c1-10-4-3-5-11(8-10)6-7-15-13(16)12(9-14)17-2;/h3-5,8,12H,6-7,9,14H2,1-2H3,(H,15,16);1H.